The topological polar surface area (TPSA) is 211 Å². The van der Waals surface area contributed by atoms with Gasteiger partial charge in [-0.1, -0.05) is 0 Å². The van der Waals surface area contributed by atoms with E-state index in [2.05, 4.69) is 0 Å². The first-order valence-corrected chi connectivity index (χ1v) is 9.64. The summed E-state index contributed by atoms with van der Waals surface area (Å²) in [6, 6.07) is 5.51. The third-order valence-electron chi connectivity index (χ3n) is 5.25. The molecule has 0 bridgehead atoms. The SMILES string of the molecule is O=c1c(O)c(-c2ccc(O[C@@H]3O[C@@H](CO)[C@@H](O)[C@@H](O)[C@H]3O)c(O)c2)oc2cc(O)cc(O)c12. The predicted molar refractivity (Wildman–Crippen MR) is 109 cm³/mol. The van der Waals surface area contributed by atoms with Crippen molar-refractivity contribution >= 4 is 11.0 Å². The average Bonchev–Trinajstić information content (AvgIpc) is 2.77. The molecule has 1 aliphatic heterocycles. The molecule has 12 nitrogen and oxygen atoms in total. The number of benzene rings is 2. The Hall–Kier alpha value is -3.55. The summed E-state index contributed by atoms with van der Waals surface area (Å²) >= 11 is 0. The van der Waals surface area contributed by atoms with Gasteiger partial charge < -0.3 is 54.7 Å². The molecule has 8 N–H and O–H groups in total. The van der Waals surface area contributed by atoms with Crippen LogP contribution in [-0.4, -0.2) is 78.2 Å². The maximum Gasteiger partial charge on any atom is 0.238 e. The second kappa shape index (κ2) is 8.42. The van der Waals surface area contributed by atoms with Gasteiger partial charge in [0.1, 0.15) is 46.9 Å². The summed E-state index contributed by atoms with van der Waals surface area (Å²) in [5, 5.41) is 78.8. The van der Waals surface area contributed by atoms with Crippen LogP contribution in [0.25, 0.3) is 22.3 Å². The molecule has 0 aliphatic carbocycles. The zero-order valence-electron chi connectivity index (χ0n) is 16.7. The highest BCUT2D eigenvalue weighted by Crippen LogP contribution is 2.39. The molecule has 1 aliphatic rings. The van der Waals surface area contributed by atoms with E-state index in [9.17, 15) is 45.6 Å². The molecule has 33 heavy (non-hydrogen) atoms. The number of fused-ring (bicyclic) bond motifs is 1. The zero-order chi connectivity index (χ0) is 24.0. The highest BCUT2D eigenvalue weighted by molar-refractivity contribution is 5.88. The van der Waals surface area contributed by atoms with E-state index in [0.717, 1.165) is 18.2 Å². The van der Waals surface area contributed by atoms with Gasteiger partial charge in [-0.25, -0.2) is 0 Å². The molecular formula is C21H20O12. The lowest BCUT2D eigenvalue weighted by molar-refractivity contribution is -0.277. The molecule has 176 valence electrons. The second-order valence-electron chi connectivity index (χ2n) is 7.44. The normalized spacial score (nSPS) is 25.3. The third kappa shape index (κ3) is 3.90. The van der Waals surface area contributed by atoms with Gasteiger partial charge in [0.25, 0.3) is 0 Å². The summed E-state index contributed by atoms with van der Waals surface area (Å²) in [7, 11) is 0. The Morgan fingerprint density at radius 2 is 1.64 bits per heavy atom. The molecule has 1 aromatic heterocycles. The van der Waals surface area contributed by atoms with Crippen LogP contribution >= 0.6 is 0 Å². The number of aliphatic hydroxyl groups excluding tert-OH is 4. The first kappa shape index (κ1) is 22.6. The Morgan fingerprint density at radius 3 is 2.30 bits per heavy atom. The molecule has 0 radical (unpaired) electrons. The fraction of sp³-hybridized carbons (Fsp3) is 0.286. The Balaban J connectivity index is 1.68. The van der Waals surface area contributed by atoms with Gasteiger partial charge in [-0.05, 0) is 18.2 Å². The van der Waals surface area contributed by atoms with Crippen molar-refractivity contribution in [1.82, 2.24) is 0 Å². The molecule has 3 aromatic rings. The molecule has 5 atom stereocenters. The predicted octanol–water partition coefficient (Wildman–Crippen LogP) is -0.539. The van der Waals surface area contributed by atoms with Crippen molar-refractivity contribution in [2.45, 2.75) is 30.7 Å². The molecule has 12 heteroatoms. The highest BCUT2D eigenvalue weighted by atomic mass is 16.7. The van der Waals surface area contributed by atoms with Crippen LogP contribution in [0.15, 0.2) is 39.5 Å². The van der Waals surface area contributed by atoms with Gasteiger partial charge in [0.2, 0.25) is 17.5 Å². The lowest BCUT2D eigenvalue weighted by Gasteiger charge is -2.39. The number of phenols is 3. The first-order valence-electron chi connectivity index (χ1n) is 9.64. The van der Waals surface area contributed by atoms with E-state index in [1.807, 2.05) is 0 Å². The van der Waals surface area contributed by atoms with Gasteiger partial charge in [0.15, 0.2) is 17.3 Å². The van der Waals surface area contributed by atoms with Crippen LogP contribution in [0.1, 0.15) is 0 Å². The molecule has 4 rings (SSSR count). The summed E-state index contributed by atoms with van der Waals surface area (Å²) in [5.74, 6) is -2.97. The Labute approximate surface area is 184 Å². The van der Waals surface area contributed by atoms with Crippen LogP contribution in [0.2, 0.25) is 0 Å². The zero-order valence-corrected chi connectivity index (χ0v) is 16.7. The maximum absolute atomic E-state index is 12.5. The number of rotatable bonds is 4. The third-order valence-corrected chi connectivity index (χ3v) is 5.25. The fourth-order valence-corrected chi connectivity index (χ4v) is 3.52. The summed E-state index contributed by atoms with van der Waals surface area (Å²) in [6.45, 7) is -0.666. The highest BCUT2D eigenvalue weighted by Gasteiger charge is 2.45. The minimum absolute atomic E-state index is 0.0213. The lowest BCUT2D eigenvalue weighted by Crippen LogP contribution is -2.60. The number of hydrogen-bond donors (Lipinski definition) is 8. The number of ether oxygens (including phenoxy) is 2. The second-order valence-corrected chi connectivity index (χ2v) is 7.44. The monoisotopic (exact) mass is 464 g/mol. The smallest absolute Gasteiger partial charge is 0.238 e. The van der Waals surface area contributed by atoms with Crippen molar-refractivity contribution in [1.29, 1.82) is 0 Å². The van der Waals surface area contributed by atoms with E-state index in [-0.39, 0.29) is 33.8 Å². The molecule has 2 aromatic carbocycles. The molecule has 0 saturated carbocycles. The van der Waals surface area contributed by atoms with Gasteiger partial charge in [0, 0.05) is 17.7 Å². The van der Waals surface area contributed by atoms with E-state index in [1.165, 1.54) is 12.1 Å². The number of aromatic hydroxyl groups is 4. The van der Waals surface area contributed by atoms with Crippen LogP contribution in [-0.2, 0) is 4.74 Å². The van der Waals surface area contributed by atoms with Crippen molar-refractivity contribution in [3.8, 4) is 40.1 Å². The maximum atomic E-state index is 12.5. The minimum Gasteiger partial charge on any atom is -0.508 e. The Morgan fingerprint density at radius 1 is 0.909 bits per heavy atom. The number of aliphatic hydroxyl groups is 4. The molecular weight excluding hydrogens is 444 g/mol. The van der Waals surface area contributed by atoms with E-state index in [0.29, 0.717) is 0 Å². The summed E-state index contributed by atoms with van der Waals surface area (Å²) < 4.78 is 16.1. The minimum atomic E-state index is -1.70. The first-order chi connectivity index (χ1) is 15.6. The van der Waals surface area contributed by atoms with Crippen molar-refractivity contribution in [3.63, 3.8) is 0 Å². The van der Waals surface area contributed by atoms with E-state index < -0.39 is 60.0 Å². The van der Waals surface area contributed by atoms with Gasteiger partial charge in [-0.3, -0.25) is 4.79 Å². The molecule has 0 amide bonds. The van der Waals surface area contributed by atoms with Crippen LogP contribution in [0.4, 0.5) is 0 Å². The van der Waals surface area contributed by atoms with E-state index >= 15 is 0 Å². The summed E-state index contributed by atoms with van der Waals surface area (Å²) in [6.07, 6.45) is -7.73. The molecule has 1 saturated heterocycles. The lowest BCUT2D eigenvalue weighted by atomic mass is 9.99. The van der Waals surface area contributed by atoms with Gasteiger partial charge >= 0.3 is 0 Å². The quantitative estimate of drug-likeness (QED) is 0.245. The van der Waals surface area contributed by atoms with Crippen LogP contribution in [0.5, 0.6) is 28.7 Å². The average molecular weight is 464 g/mol. The van der Waals surface area contributed by atoms with Crippen LogP contribution in [0.3, 0.4) is 0 Å². The number of phenolic OH excluding ortho intramolecular Hbond substituents is 3. The molecule has 2 heterocycles. The standard InChI is InChI=1S/C21H20O12/c22-6-13-15(26)17(28)19(30)21(33-13)32-11-2-1-7(3-9(11)24)20-18(29)16(27)14-10(25)4-8(23)5-12(14)31-20/h1-5,13,15,17,19,21-26,28-30H,6H2/t13-,15+,17+,19+,21+/m0/s1. The fourth-order valence-electron chi connectivity index (χ4n) is 3.52. The van der Waals surface area contributed by atoms with Gasteiger partial charge in [-0.15, -0.1) is 0 Å². The molecule has 0 unspecified atom stereocenters. The molecule has 1 fully saturated rings. The summed E-state index contributed by atoms with van der Waals surface area (Å²) in [4.78, 5) is 12.5. The van der Waals surface area contributed by atoms with E-state index in [1.54, 1.807) is 0 Å². The van der Waals surface area contributed by atoms with Crippen molar-refractivity contribution in [2.24, 2.45) is 0 Å². The van der Waals surface area contributed by atoms with Crippen molar-refractivity contribution in [3.05, 3.63) is 40.6 Å². The van der Waals surface area contributed by atoms with Gasteiger partial charge in [-0.2, -0.15) is 0 Å². The molecule has 0 spiro atoms. The van der Waals surface area contributed by atoms with Crippen molar-refractivity contribution in [2.75, 3.05) is 6.61 Å². The Bertz CT molecular complexity index is 1250. The van der Waals surface area contributed by atoms with Crippen molar-refractivity contribution < 1.29 is 54.7 Å². The van der Waals surface area contributed by atoms with E-state index in [4.69, 9.17) is 13.9 Å². The largest absolute Gasteiger partial charge is 0.508 e. The number of hydrogen-bond acceptors (Lipinski definition) is 12. The summed E-state index contributed by atoms with van der Waals surface area (Å²) in [5.41, 5.74) is -1.16. The van der Waals surface area contributed by atoms with Crippen LogP contribution < -0.4 is 10.2 Å². The van der Waals surface area contributed by atoms with Gasteiger partial charge in [0.05, 0.1) is 6.61 Å². The van der Waals surface area contributed by atoms with Crippen LogP contribution in [0, 0.1) is 0 Å². The Kier molecular flexibility index (Phi) is 5.78.